The number of benzene rings is 2. The van der Waals surface area contributed by atoms with Gasteiger partial charge in [0.25, 0.3) is 0 Å². The molecule has 0 aliphatic carbocycles. The molecular formula is C14H11F3O2. The van der Waals surface area contributed by atoms with E-state index < -0.39 is 11.7 Å². The van der Waals surface area contributed by atoms with E-state index >= 15 is 0 Å². The molecule has 2 aromatic carbocycles. The van der Waals surface area contributed by atoms with Gasteiger partial charge in [0, 0.05) is 11.1 Å². The summed E-state index contributed by atoms with van der Waals surface area (Å²) in [5, 5.41) is 9.74. The van der Waals surface area contributed by atoms with E-state index in [1.165, 1.54) is 25.3 Å². The highest BCUT2D eigenvalue weighted by molar-refractivity contribution is 5.76. The number of halogens is 3. The molecule has 1 N–H and O–H groups in total. The molecule has 5 heteroatoms. The van der Waals surface area contributed by atoms with Crippen molar-refractivity contribution in [3.8, 4) is 22.6 Å². The first kappa shape index (κ1) is 13.3. The number of alkyl halides is 3. The van der Waals surface area contributed by atoms with E-state index in [2.05, 4.69) is 0 Å². The maximum Gasteiger partial charge on any atom is 0.416 e. The van der Waals surface area contributed by atoms with E-state index in [0.717, 1.165) is 12.1 Å². The highest BCUT2D eigenvalue weighted by Gasteiger charge is 2.31. The smallest absolute Gasteiger partial charge is 0.416 e. The summed E-state index contributed by atoms with van der Waals surface area (Å²) in [6.45, 7) is 0. The monoisotopic (exact) mass is 268 g/mol. The van der Waals surface area contributed by atoms with Crippen LogP contribution in [-0.2, 0) is 6.18 Å². The van der Waals surface area contributed by atoms with Gasteiger partial charge in [-0.3, -0.25) is 0 Å². The van der Waals surface area contributed by atoms with E-state index in [9.17, 15) is 18.3 Å². The normalized spacial score (nSPS) is 11.4. The molecule has 2 rings (SSSR count). The van der Waals surface area contributed by atoms with Gasteiger partial charge in [-0.05, 0) is 24.3 Å². The van der Waals surface area contributed by atoms with Crippen molar-refractivity contribution in [3.05, 3.63) is 48.0 Å². The summed E-state index contributed by atoms with van der Waals surface area (Å²) in [7, 11) is 1.37. The van der Waals surface area contributed by atoms with Crippen LogP contribution in [0.4, 0.5) is 13.2 Å². The molecule has 0 radical (unpaired) electrons. The van der Waals surface area contributed by atoms with Gasteiger partial charge in [-0.25, -0.2) is 0 Å². The molecule has 0 atom stereocenters. The zero-order valence-corrected chi connectivity index (χ0v) is 10.0. The average molecular weight is 268 g/mol. The van der Waals surface area contributed by atoms with Crippen LogP contribution in [0.25, 0.3) is 11.1 Å². The lowest BCUT2D eigenvalue weighted by atomic mass is 10.0. The number of aromatic hydroxyl groups is 1. The van der Waals surface area contributed by atoms with Crippen molar-refractivity contribution in [2.75, 3.05) is 7.11 Å². The predicted octanol–water partition coefficient (Wildman–Crippen LogP) is 4.09. The number of hydrogen-bond acceptors (Lipinski definition) is 2. The second-order valence-electron chi connectivity index (χ2n) is 3.93. The summed E-state index contributed by atoms with van der Waals surface area (Å²) in [6, 6.07) is 9.33. The van der Waals surface area contributed by atoms with Crippen LogP contribution < -0.4 is 4.74 Å². The van der Waals surface area contributed by atoms with Crippen molar-refractivity contribution in [2.24, 2.45) is 0 Å². The summed E-state index contributed by atoms with van der Waals surface area (Å²) < 4.78 is 43.2. The Morgan fingerprint density at radius 3 is 2.26 bits per heavy atom. The average Bonchev–Trinajstić information content (AvgIpc) is 2.37. The van der Waals surface area contributed by atoms with Crippen LogP contribution in [0.5, 0.6) is 11.5 Å². The lowest BCUT2D eigenvalue weighted by molar-refractivity contribution is -0.137. The molecule has 0 saturated carbocycles. The van der Waals surface area contributed by atoms with E-state index in [0.29, 0.717) is 5.56 Å². The summed E-state index contributed by atoms with van der Waals surface area (Å²) in [4.78, 5) is 0. The van der Waals surface area contributed by atoms with Crippen LogP contribution >= 0.6 is 0 Å². The van der Waals surface area contributed by atoms with E-state index in [-0.39, 0.29) is 17.1 Å². The highest BCUT2D eigenvalue weighted by atomic mass is 19.4. The number of phenols is 1. The summed E-state index contributed by atoms with van der Waals surface area (Å²) >= 11 is 0. The molecule has 0 aromatic heterocycles. The Morgan fingerprint density at radius 2 is 1.68 bits per heavy atom. The second-order valence-corrected chi connectivity index (χ2v) is 3.93. The first-order valence-electron chi connectivity index (χ1n) is 5.47. The molecule has 0 heterocycles. The third kappa shape index (κ3) is 2.65. The van der Waals surface area contributed by atoms with Crippen molar-refractivity contribution >= 4 is 0 Å². The number of para-hydroxylation sites is 1. The van der Waals surface area contributed by atoms with Gasteiger partial charge in [0.1, 0.15) is 11.5 Å². The van der Waals surface area contributed by atoms with Crippen molar-refractivity contribution in [2.45, 2.75) is 6.18 Å². The second kappa shape index (κ2) is 4.84. The molecule has 19 heavy (non-hydrogen) atoms. The molecule has 0 unspecified atom stereocenters. The van der Waals surface area contributed by atoms with Crippen LogP contribution in [0.15, 0.2) is 42.5 Å². The fraction of sp³-hybridized carbons (Fsp3) is 0.143. The molecule has 2 aromatic rings. The molecule has 0 bridgehead atoms. The number of methoxy groups -OCH3 is 1. The number of hydrogen-bond donors (Lipinski definition) is 1. The first-order chi connectivity index (χ1) is 8.93. The maximum absolute atomic E-state index is 12.7. The molecule has 0 amide bonds. The largest absolute Gasteiger partial charge is 0.507 e. The molecule has 0 aliphatic rings. The van der Waals surface area contributed by atoms with Gasteiger partial charge in [0.05, 0.1) is 12.7 Å². The van der Waals surface area contributed by atoms with E-state index in [4.69, 9.17) is 4.74 Å². The first-order valence-corrected chi connectivity index (χ1v) is 5.47. The Balaban J connectivity index is 2.64. The molecular weight excluding hydrogens is 257 g/mol. The van der Waals surface area contributed by atoms with Gasteiger partial charge in [-0.1, -0.05) is 18.2 Å². The van der Waals surface area contributed by atoms with Gasteiger partial charge < -0.3 is 9.84 Å². The topological polar surface area (TPSA) is 29.5 Å². The third-order valence-corrected chi connectivity index (χ3v) is 2.72. The zero-order chi connectivity index (χ0) is 14.0. The number of phenolic OH excluding ortho intramolecular Hbond substituents is 1. The minimum absolute atomic E-state index is 0.0971. The van der Waals surface area contributed by atoms with Crippen LogP contribution in [0, 0.1) is 0 Å². The van der Waals surface area contributed by atoms with Gasteiger partial charge in [-0.2, -0.15) is 13.2 Å². The van der Waals surface area contributed by atoms with Crippen LogP contribution in [0.3, 0.4) is 0 Å². The van der Waals surface area contributed by atoms with Crippen LogP contribution in [-0.4, -0.2) is 12.2 Å². The Labute approximate surface area is 108 Å². The van der Waals surface area contributed by atoms with Crippen LogP contribution in [0.1, 0.15) is 5.56 Å². The summed E-state index contributed by atoms with van der Waals surface area (Å²) in [6.07, 6.45) is -4.44. The van der Waals surface area contributed by atoms with Crippen molar-refractivity contribution in [3.63, 3.8) is 0 Å². The molecule has 0 fully saturated rings. The van der Waals surface area contributed by atoms with Crippen molar-refractivity contribution < 1.29 is 23.0 Å². The Bertz CT molecular complexity index is 591. The van der Waals surface area contributed by atoms with E-state index in [1.807, 2.05) is 0 Å². The third-order valence-electron chi connectivity index (χ3n) is 2.72. The summed E-state index contributed by atoms with van der Waals surface area (Å²) in [5.74, 6) is 0.176. The molecule has 100 valence electrons. The SMILES string of the molecule is COc1ccc(C(F)(F)F)cc1-c1ccccc1O. The Kier molecular flexibility index (Phi) is 3.38. The Hall–Kier alpha value is -2.17. The zero-order valence-electron chi connectivity index (χ0n) is 10.0. The number of ether oxygens (including phenoxy) is 1. The van der Waals surface area contributed by atoms with Gasteiger partial charge in [0.2, 0.25) is 0 Å². The van der Waals surface area contributed by atoms with Crippen molar-refractivity contribution in [1.82, 2.24) is 0 Å². The predicted molar refractivity (Wildman–Crippen MR) is 65.1 cm³/mol. The molecule has 0 saturated heterocycles. The van der Waals surface area contributed by atoms with Crippen LogP contribution in [0.2, 0.25) is 0 Å². The fourth-order valence-corrected chi connectivity index (χ4v) is 1.80. The number of rotatable bonds is 2. The lowest BCUT2D eigenvalue weighted by Crippen LogP contribution is -2.05. The summed E-state index contributed by atoms with van der Waals surface area (Å²) in [5.41, 5.74) is -0.285. The molecule has 0 spiro atoms. The van der Waals surface area contributed by atoms with Gasteiger partial charge in [-0.15, -0.1) is 0 Å². The standard InChI is InChI=1S/C14H11F3O2/c1-19-13-7-6-9(14(15,16)17)8-11(13)10-4-2-3-5-12(10)18/h2-8,18H,1H3. The molecule has 0 aliphatic heterocycles. The maximum atomic E-state index is 12.7. The Morgan fingerprint density at radius 1 is 1.00 bits per heavy atom. The quantitative estimate of drug-likeness (QED) is 0.889. The minimum Gasteiger partial charge on any atom is -0.507 e. The lowest BCUT2D eigenvalue weighted by Gasteiger charge is -2.13. The van der Waals surface area contributed by atoms with E-state index in [1.54, 1.807) is 12.1 Å². The van der Waals surface area contributed by atoms with Gasteiger partial charge in [0.15, 0.2) is 0 Å². The van der Waals surface area contributed by atoms with Crippen molar-refractivity contribution in [1.29, 1.82) is 0 Å². The fourth-order valence-electron chi connectivity index (χ4n) is 1.80. The highest BCUT2D eigenvalue weighted by Crippen LogP contribution is 2.39. The molecule has 2 nitrogen and oxygen atoms in total. The van der Waals surface area contributed by atoms with Gasteiger partial charge >= 0.3 is 6.18 Å². The minimum atomic E-state index is -4.44.